The van der Waals surface area contributed by atoms with E-state index in [2.05, 4.69) is 41.2 Å². The number of piperidine rings is 1. The van der Waals surface area contributed by atoms with E-state index in [1.807, 2.05) is 0 Å². The molecule has 1 aliphatic carbocycles. The zero-order valence-electron chi connectivity index (χ0n) is 12.4. The molecule has 0 amide bonds. The Morgan fingerprint density at radius 2 is 1.90 bits per heavy atom. The Hall–Kier alpha value is -0.670. The highest BCUT2D eigenvalue weighted by molar-refractivity contribution is 7.98. The summed E-state index contributed by atoms with van der Waals surface area (Å²) in [5.74, 6) is 0.815. The van der Waals surface area contributed by atoms with Crippen LogP contribution in [-0.4, -0.2) is 24.9 Å². The molecular weight excluding hydrogens is 264 g/mol. The molecule has 3 heteroatoms. The molecule has 0 aromatic heterocycles. The van der Waals surface area contributed by atoms with E-state index in [1.165, 1.54) is 55.7 Å². The van der Waals surface area contributed by atoms with Gasteiger partial charge in [0.15, 0.2) is 0 Å². The van der Waals surface area contributed by atoms with E-state index < -0.39 is 0 Å². The predicted molar refractivity (Wildman–Crippen MR) is 88.6 cm³/mol. The fourth-order valence-electron chi connectivity index (χ4n) is 3.80. The van der Waals surface area contributed by atoms with Crippen molar-refractivity contribution in [2.24, 2.45) is 5.92 Å². The fraction of sp³-hybridized carbons (Fsp3) is 0.647. The first-order valence-electron chi connectivity index (χ1n) is 8.01. The van der Waals surface area contributed by atoms with Crippen LogP contribution in [0.1, 0.15) is 38.5 Å². The van der Waals surface area contributed by atoms with Crippen LogP contribution in [0.2, 0.25) is 0 Å². The molecule has 3 rings (SSSR count). The average molecular weight is 290 g/mol. The first-order valence-corrected chi connectivity index (χ1v) is 9.23. The largest absolute Gasteiger partial charge is 0.382 e. The summed E-state index contributed by atoms with van der Waals surface area (Å²) in [6.45, 7) is 1.22. The van der Waals surface area contributed by atoms with Gasteiger partial charge in [-0.25, -0.2) is 0 Å². The Morgan fingerprint density at radius 1 is 1.05 bits per heavy atom. The molecule has 110 valence electrons. The summed E-state index contributed by atoms with van der Waals surface area (Å²) in [5, 5.41) is 7.54. The van der Waals surface area contributed by atoms with Crippen molar-refractivity contribution in [1.82, 2.24) is 5.32 Å². The molecule has 3 atom stereocenters. The van der Waals surface area contributed by atoms with Crippen molar-refractivity contribution in [3.05, 3.63) is 24.3 Å². The first-order chi connectivity index (χ1) is 9.86. The molecule has 2 nitrogen and oxygen atoms in total. The van der Waals surface area contributed by atoms with Gasteiger partial charge in [0.05, 0.1) is 0 Å². The average Bonchev–Trinajstić information content (AvgIpc) is 2.97. The molecule has 1 aliphatic heterocycles. The molecule has 1 saturated carbocycles. The highest BCUT2D eigenvalue weighted by Gasteiger charge is 2.34. The van der Waals surface area contributed by atoms with Crippen molar-refractivity contribution in [2.45, 2.75) is 55.5 Å². The van der Waals surface area contributed by atoms with E-state index in [0.717, 1.165) is 12.0 Å². The molecule has 2 aliphatic rings. The van der Waals surface area contributed by atoms with Crippen LogP contribution in [0, 0.1) is 5.92 Å². The second-order valence-corrected chi connectivity index (χ2v) is 7.01. The fourth-order valence-corrected chi connectivity index (χ4v) is 4.20. The molecule has 1 heterocycles. The SMILES string of the molecule is CSc1ccc(NC2CCCC2C2CCCCN2)cc1. The maximum atomic E-state index is 3.79. The normalized spacial score (nSPS) is 30.4. The molecule has 1 aromatic carbocycles. The summed E-state index contributed by atoms with van der Waals surface area (Å²) in [5.41, 5.74) is 1.29. The van der Waals surface area contributed by atoms with Crippen molar-refractivity contribution >= 4 is 17.4 Å². The Balaban J connectivity index is 1.62. The van der Waals surface area contributed by atoms with Gasteiger partial charge in [-0.15, -0.1) is 11.8 Å². The third-order valence-corrected chi connectivity index (χ3v) is 5.62. The molecule has 1 aromatic rings. The molecule has 2 N–H and O–H groups in total. The second-order valence-electron chi connectivity index (χ2n) is 6.13. The summed E-state index contributed by atoms with van der Waals surface area (Å²) >= 11 is 1.81. The summed E-state index contributed by atoms with van der Waals surface area (Å²) in [4.78, 5) is 1.34. The molecule has 0 bridgehead atoms. The smallest absolute Gasteiger partial charge is 0.0343 e. The number of hydrogen-bond donors (Lipinski definition) is 2. The topological polar surface area (TPSA) is 24.1 Å². The third-order valence-electron chi connectivity index (χ3n) is 4.88. The van der Waals surface area contributed by atoms with Crippen LogP contribution in [0.3, 0.4) is 0 Å². The maximum absolute atomic E-state index is 3.79. The molecule has 2 fully saturated rings. The van der Waals surface area contributed by atoms with E-state index in [0.29, 0.717) is 6.04 Å². The maximum Gasteiger partial charge on any atom is 0.0343 e. The Bertz CT molecular complexity index is 412. The first kappa shape index (κ1) is 14.3. The number of anilines is 1. The van der Waals surface area contributed by atoms with Gasteiger partial charge in [-0.05, 0) is 68.7 Å². The van der Waals surface area contributed by atoms with E-state index in [1.54, 1.807) is 11.8 Å². The van der Waals surface area contributed by atoms with Gasteiger partial charge in [0, 0.05) is 22.7 Å². The minimum atomic E-state index is 0.658. The Morgan fingerprint density at radius 3 is 2.60 bits per heavy atom. The number of rotatable bonds is 4. The van der Waals surface area contributed by atoms with Crippen LogP contribution >= 0.6 is 11.8 Å². The summed E-state index contributed by atoms with van der Waals surface area (Å²) in [7, 11) is 0. The van der Waals surface area contributed by atoms with E-state index in [4.69, 9.17) is 0 Å². The van der Waals surface area contributed by atoms with Gasteiger partial charge in [0.2, 0.25) is 0 Å². The number of nitrogens with one attached hydrogen (secondary N) is 2. The van der Waals surface area contributed by atoms with Gasteiger partial charge >= 0.3 is 0 Å². The minimum Gasteiger partial charge on any atom is -0.382 e. The number of benzene rings is 1. The van der Waals surface area contributed by atoms with Crippen LogP contribution in [0.15, 0.2) is 29.2 Å². The van der Waals surface area contributed by atoms with Gasteiger partial charge in [-0.2, -0.15) is 0 Å². The zero-order chi connectivity index (χ0) is 13.8. The lowest BCUT2D eigenvalue weighted by Crippen LogP contribution is -2.44. The third kappa shape index (κ3) is 3.32. The van der Waals surface area contributed by atoms with Gasteiger partial charge in [-0.3, -0.25) is 0 Å². The number of thioether (sulfide) groups is 1. The molecule has 1 saturated heterocycles. The second kappa shape index (κ2) is 6.86. The van der Waals surface area contributed by atoms with Gasteiger partial charge in [0.1, 0.15) is 0 Å². The number of hydrogen-bond acceptors (Lipinski definition) is 3. The molecule has 3 unspecified atom stereocenters. The summed E-state index contributed by atoms with van der Waals surface area (Å²) in [6, 6.07) is 10.3. The van der Waals surface area contributed by atoms with Crippen LogP contribution in [0.5, 0.6) is 0 Å². The molecule has 0 radical (unpaired) electrons. The monoisotopic (exact) mass is 290 g/mol. The van der Waals surface area contributed by atoms with Crippen LogP contribution in [0.25, 0.3) is 0 Å². The van der Waals surface area contributed by atoms with Crippen molar-refractivity contribution in [3.63, 3.8) is 0 Å². The quantitative estimate of drug-likeness (QED) is 0.815. The zero-order valence-corrected chi connectivity index (χ0v) is 13.2. The molecule has 20 heavy (non-hydrogen) atoms. The van der Waals surface area contributed by atoms with Gasteiger partial charge < -0.3 is 10.6 Å². The highest BCUT2D eigenvalue weighted by atomic mass is 32.2. The van der Waals surface area contributed by atoms with E-state index >= 15 is 0 Å². The van der Waals surface area contributed by atoms with Crippen LogP contribution in [-0.2, 0) is 0 Å². The van der Waals surface area contributed by atoms with Crippen molar-refractivity contribution < 1.29 is 0 Å². The van der Waals surface area contributed by atoms with Crippen molar-refractivity contribution in [3.8, 4) is 0 Å². The minimum absolute atomic E-state index is 0.658. The lowest BCUT2D eigenvalue weighted by Gasteiger charge is -2.33. The van der Waals surface area contributed by atoms with Crippen LogP contribution < -0.4 is 10.6 Å². The summed E-state index contributed by atoms with van der Waals surface area (Å²) in [6.07, 6.45) is 10.4. The van der Waals surface area contributed by atoms with Crippen molar-refractivity contribution in [1.29, 1.82) is 0 Å². The van der Waals surface area contributed by atoms with Gasteiger partial charge in [-0.1, -0.05) is 12.8 Å². The lowest BCUT2D eigenvalue weighted by atomic mass is 9.88. The lowest BCUT2D eigenvalue weighted by molar-refractivity contribution is 0.286. The standard InChI is InChI=1S/C17H26N2S/c1-20-14-10-8-13(9-11-14)19-17-7-4-5-15(17)16-6-2-3-12-18-16/h8-11,15-19H,2-7,12H2,1H3. The molecular formula is C17H26N2S. The predicted octanol–water partition coefficient (Wildman–Crippen LogP) is 4.13. The van der Waals surface area contributed by atoms with Gasteiger partial charge in [0.25, 0.3) is 0 Å². The van der Waals surface area contributed by atoms with E-state index in [-0.39, 0.29) is 0 Å². The molecule has 0 spiro atoms. The van der Waals surface area contributed by atoms with Crippen LogP contribution in [0.4, 0.5) is 5.69 Å². The summed E-state index contributed by atoms with van der Waals surface area (Å²) < 4.78 is 0. The Labute approximate surface area is 127 Å². The Kier molecular flexibility index (Phi) is 4.90. The van der Waals surface area contributed by atoms with Crippen molar-refractivity contribution in [2.75, 3.05) is 18.1 Å². The highest BCUT2D eigenvalue weighted by Crippen LogP contribution is 2.34. The van der Waals surface area contributed by atoms with E-state index in [9.17, 15) is 0 Å².